The van der Waals surface area contributed by atoms with Crippen LogP contribution in [0.15, 0.2) is 60.7 Å². The molecule has 0 spiro atoms. The maximum Gasteiger partial charge on any atom is 0.219 e. The van der Waals surface area contributed by atoms with Crippen LogP contribution >= 0.6 is 0 Å². The van der Waals surface area contributed by atoms with E-state index in [2.05, 4.69) is 72.8 Å². The maximum absolute atomic E-state index is 11.9. The van der Waals surface area contributed by atoms with E-state index in [0.717, 1.165) is 6.54 Å². The summed E-state index contributed by atoms with van der Waals surface area (Å²) in [6.45, 7) is 3.30. The van der Waals surface area contributed by atoms with E-state index in [1.54, 1.807) is 0 Å². The number of hydrogen-bond acceptors (Lipinski definition) is 2. The van der Waals surface area contributed by atoms with Gasteiger partial charge in [-0.1, -0.05) is 67.6 Å². The molecule has 0 heterocycles. The summed E-state index contributed by atoms with van der Waals surface area (Å²) >= 11 is 0. The number of likely N-dealkylation sites (N-methyl/N-ethyl adjacent to an activating group) is 1. The van der Waals surface area contributed by atoms with Crippen molar-refractivity contribution < 1.29 is 4.79 Å². The van der Waals surface area contributed by atoms with Gasteiger partial charge in [0.15, 0.2) is 0 Å². The molecule has 2 aromatic carbocycles. The minimum Gasteiger partial charge on any atom is -0.355 e. The van der Waals surface area contributed by atoms with Crippen molar-refractivity contribution in [3.8, 4) is 0 Å². The van der Waals surface area contributed by atoms with Gasteiger partial charge >= 0.3 is 0 Å². The minimum atomic E-state index is -0.267. The molecule has 3 nitrogen and oxygen atoms in total. The molecule has 122 valence electrons. The molecule has 0 bridgehead atoms. The molecule has 0 aliphatic rings. The monoisotopic (exact) mass is 310 g/mol. The number of rotatable bonds is 7. The predicted octanol–water partition coefficient (Wildman–Crippen LogP) is 3.06. The summed E-state index contributed by atoms with van der Waals surface area (Å²) in [6.07, 6.45) is 0.502. The van der Waals surface area contributed by atoms with Crippen LogP contribution in [0, 0.1) is 0 Å². The lowest BCUT2D eigenvalue weighted by Gasteiger charge is -2.37. The number of carbonyl (C=O) groups is 1. The first-order valence-corrected chi connectivity index (χ1v) is 8.11. The van der Waals surface area contributed by atoms with Crippen molar-refractivity contribution >= 4 is 5.91 Å². The molecule has 2 rings (SSSR count). The van der Waals surface area contributed by atoms with Gasteiger partial charge in [0.2, 0.25) is 5.91 Å². The summed E-state index contributed by atoms with van der Waals surface area (Å²) < 4.78 is 0. The first-order chi connectivity index (χ1) is 11.1. The molecule has 1 amide bonds. The predicted molar refractivity (Wildman–Crippen MR) is 95.5 cm³/mol. The SMILES string of the molecule is CCC(=O)NCC(CN(C)C)(c1ccccc1)c1ccccc1. The number of nitrogens with zero attached hydrogens (tertiary/aromatic N) is 1. The summed E-state index contributed by atoms with van der Waals surface area (Å²) in [7, 11) is 4.14. The highest BCUT2D eigenvalue weighted by molar-refractivity contribution is 5.75. The zero-order valence-electron chi connectivity index (χ0n) is 14.3. The Morgan fingerprint density at radius 2 is 1.43 bits per heavy atom. The van der Waals surface area contributed by atoms with E-state index in [4.69, 9.17) is 0 Å². The fourth-order valence-corrected chi connectivity index (χ4v) is 3.04. The average Bonchev–Trinajstić information content (AvgIpc) is 2.59. The molecule has 3 heteroatoms. The second-order valence-corrected chi connectivity index (χ2v) is 6.18. The molecule has 0 saturated carbocycles. The third-order valence-electron chi connectivity index (χ3n) is 4.15. The molecule has 0 aliphatic carbocycles. The van der Waals surface area contributed by atoms with Gasteiger partial charge in [0.05, 0.1) is 5.41 Å². The molecule has 23 heavy (non-hydrogen) atoms. The van der Waals surface area contributed by atoms with Crippen LogP contribution in [-0.2, 0) is 10.2 Å². The van der Waals surface area contributed by atoms with Crippen LogP contribution < -0.4 is 5.32 Å². The van der Waals surface area contributed by atoms with E-state index in [0.29, 0.717) is 13.0 Å². The molecule has 0 aliphatic heterocycles. The van der Waals surface area contributed by atoms with Crippen LogP contribution in [0.5, 0.6) is 0 Å². The van der Waals surface area contributed by atoms with Crippen LogP contribution in [0.2, 0.25) is 0 Å². The lowest BCUT2D eigenvalue weighted by atomic mass is 9.74. The van der Waals surface area contributed by atoms with Crippen LogP contribution in [0.4, 0.5) is 0 Å². The van der Waals surface area contributed by atoms with Crippen molar-refractivity contribution in [2.24, 2.45) is 0 Å². The van der Waals surface area contributed by atoms with Crippen LogP contribution in [0.25, 0.3) is 0 Å². The number of carbonyl (C=O) groups excluding carboxylic acids is 1. The van der Waals surface area contributed by atoms with Gasteiger partial charge < -0.3 is 10.2 Å². The zero-order chi connectivity index (χ0) is 16.7. The number of hydrogen-bond donors (Lipinski definition) is 1. The molecule has 0 fully saturated rings. The standard InChI is InChI=1S/C20H26N2O/c1-4-19(23)21-15-20(16-22(2)3,17-11-7-5-8-12-17)18-13-9-6-10-14-18/h5-14H,4,15-16H2,1-3H3,(H,21,23). The van der Waals surface area contributed by atoms with Gasteiger partial charge in [0.25, 0.3) is 0 Å². The molecule has 1 N–H and O–H groups in total. The van der Waals surface area contributed by atoms with Gasteiger partial charge in [-0.05, 0) is 25.2 Å². The molecule has 0 radical (unpaired) electrons. The highest BCUT2D eigenvalue weighted by Gasteiger charge is 2.35. The van der Waals surface area contributed by atoms with E-state index in [1.165, 1.54) is 11.1 Å². The maximum atomic E-state index is 11.9. The molecule has 0 saturated heterocycles. The van der Waals surface area contributed by atoms with E-state index in [1.807, 2.05) is 19.1 Å². The summed E-state index contributed by atoms with van der Waals surface area (Å²) in [5, 5.41) is 3.11. The van der Waals surface area contributed by atoms with Crippen LogP contribution in [0.1, 0.15) is 24.5 Å². The molecule has 0 atom stereocenters. The van der Waals surface area contributed by atoms with Crippen molar-refractivity contribution in [2.75, 3.05) is 27.2 Å². The first kappa shape index (κ1) is 17.2. The first-order valence-electron chi connectivity index (χ1n) is 8.11. The van der Waals surface area contributed by atoms with Crippen molar-refractivity contribution in [1.29, 1.82) is 0 Å². The van der Waals surface area contributed by atoms with Crippen molar-refractivity contribution in [2.45, 2.75) is 18.8 Å². The Kier molecular flexibility index (Phi) is 5.94. The zero-order valence-corrected chi connectivity index (χ0v) is 14.3. The Balaban J connectivity index is 2.51. The molecule has 0 unspecified atom stereocenters. The van der Waals surface area contributed by atoms with E-state index in [-0.39, 0.29) is 11.3 Å². The van der Waals surface area contributed by atoms with Gasteiger partial charge in [-0.25, -0.2) is 0 Å². The van der Waals surface area contributed by atoms with Crippen LogP contribution in [0.3, 0.4) is 0 Å². The molecular weight excluding hydrogens is 284 g/mol. The second-order valence-electron chi connectivity index (χ2n) is 6.18. The lowest BCUT2D eigenvalue weighted by molar-refractivity contribution is -0.121. The Bertz CT molecular complexity index is 569. The fourth-order valence-electron chi connectivity index (χ4n) is 3.04. The van der Waals surface area contributed by atoms with E-state index in [9.17, 15) is 4.79 Å². The quantitative estimate of drug-likeness (QED) is 0.852. The van der Waals surface area contributed by atoms with Gasteiger partial charge in [0.1, 0.15) is 0 Å². The number of benzene rings is 2. The lowest BCUT2D eigenvalue weighted by Crippen LogP contribution is -2.47. The number of amides is 1. The topological polar surface area (TPSA) is 32.3 Å². The third-order valence-corrected chi connectivity index (χ3v) is 4.15. The Morgan fingerprint density at radius 1 is 0.957 bits per heavy atom. The van der Waals surface area contributed by atoms with Gasteiger partial charge in [-0.3, -0.25) is 4.79 Å². The van der Waals surface area contributed by atoms with Gasteiger partial charge in [-0.15, -0.1) is 0 Å². The van der Waals surface area contributed by atoms with Gasteiger partial charge in [-0.2, -0.15) is 0 Å². The minimum absolute atomic E-state index is 0.0833. The summed E-state index contributed by atoms with van der Waals surface area (Å²) in [6, 6.07) is 20.9. The van der Waals surface area contributed by atoms with Crippen LogP contribution in [-0.4, -0.2) is 38.0 Å². The Morgan fingerprint density at radius 3 is 1.83 bits per heavy atom. The molecule has 0 aromatic heterocycles. The highest BCUT2D eigenvalue weighted by atomic mass is 16.1. The summed E-state index contributed by atoms with van der Waals surface area (Å²) in [5.74, 6) is 0.0833. The largest absolute Gasteiger partial charge is 0.355 e. The fraction of sp³-hybridized carbons (Fsp3) is 0.350. The third kappa shape index (κ3) is 4.20. The highest BCUT2D eigenvalue weighted by Crippen LogP contribution is 2.32. The van der Waals surface area contributed by atoms with Gasteiger partial charge in [0, 0.05) is 19.5 Å². The Labute approximate surface area is 139 Å². The summed E-state index contributed by atoms with van der Waals surface area (Å²) in [4.78, 5) is 14.1. The Hall–Kier alpha value is -2.13. The number of nitrogens with one attached hydrogen (secondary N) is 1. The normalized spacial score (nSPS) is 11.5. The van der Waals surface area contributed by atoms with Crippen molar-refractivity contribution in [3.63, 3.8) is 0 Å². The molecule has 2 aromatic rings. The smallest absolute Gasteiger partial charge is 0.219 e. The van der Waals surface area contributed by atoms with Crippen molar-refractivity contribution in [1.82, 2.24) is 10.2 Å². The molecular formula is C20H26N2O. The average molecular weight is 310 g/mol. The van der Waals surface area contributed by atoms with Crippen molar-refractivity contribution in [3.05, 3.63) is 71.8 Å². The second kappa shape index (κ2) is 7.93. The van der Waals surface area contributed by atoms with E-state index >= 15 is 0 Å². The van der Waals surface area contributed by atoms with E-state index < -0.39 is 0 Å². The summed E-state index contributed by atoms with van der Waals surface area (Å²) in [5.41, 5.74) is 2.17.